The molecule has 0 bridgehead atoms. The number of likely N-dealkylation sites (tertiary alicyclic amines) is 1. The molecule has 2 atom stereocenters. The molecule has 2 aliphatic heterocycles. The highest BCUT2D eigenvalue weighted by Gasteiger charge is 2.37. The van der Waals surface area contributed by atoms with Crippen LogP contribution in [-0.2, 0) is 24.2 Å². The van der Waals surface area contributed by atoms with Gasteiger partial charge in [-0.05, 0) is 31.5 Å². The van der Waals surface area contributed by atoms with Gasteiger partial charge in [0.1, 0.15) is 9.84 Å². The van der Waals surface area contributed by atoms with Crippen LogP contribution in [0.3, 0.4) is 0 Å². The van der Waals surface area contributed by atoms with Crippen LogP contribution in [0.4, 0.5) is 0 Å². The molecule has 8 nitrogen and oxygen atoms in total. The normalized spacial score (nSPS) is 22.6. The average molecular weight is 427 g/mol. The van der Waals surface area contributed by atoms with E-state index in [1.807, 2.05) is 35.2 Å². The fraction of sp³-hybridized carbons (Fsp3) is 0.600. The van der Waals surface area contributed by atoms with Crippen LogP contribution in [0, 0.1) is 0 Å². The van der Waals surface area contributed by atoms with Crippen LogP contribution in [-0.4, -0.2) is 86.6 Å². The predicted octanol–water partition coefficient (Wildman–Crippen LogP) is 1.19. The zero-order valence-corrected chi connectivity index (χ0v) is 17.6. The Balaban J connectivity index is 0.000000941. The minimum atomic E-state index is -3.16. The second-order valence-corrected chi connectivity index (χ2v) is 9.60. The SMILES string of the molecule is CS(=O)(=O)CCC(=O)N1CCO[C@@H](CN2CCCC2)[C@@H]1c1ccccc1.O=CO. The highest BCUT2D eigenvalue weighted by molar-refractivity contribution is 7.90. The number of benzene rings is 1. The molecule has 9 heteroatoms. The first-order chi connectivity index (χ1) is 13.9. The summed E-state index contributed by atoms with van der Waals surface area (Å²) in [6, 6.07) is 9.77. The van der Waals surface area contributed by atoms with Crippen molar-refractivity contribution in [3.05, 3.63) is 35.9 Å². The van der Waals surface area contributed by atoms with E-state index in [0.29, 0.717) is 13.2 Å². The second-order valence-electron chi connectivity index (χ2n) is 7.34. The number of carbonyl (C=O) groups excluding carboxylic acids is 1. The molecule has 2 saturated heterocycles. The third-order valence-corrected chi connectivity index (χ3v) is 6.08. The first-order valence-corrected chi connectivity index (χ1v) is 11.9. The fourth-order valence-corrected chi connectivity index (χ4v) is 4.39. The van der Waals surface area contributed by atoms with Crippen molar-refractivity contribution in [2.24, 2.45) is 0 Å². The minimum Gasteiger partial charge on any atom is -0.483 e. The lowest BCUT2D eigenvalue weighted by Gasteiger charge is -2.43. The molecule has 1 aromatic carbocycles. The number of carboxylic acid groups (broad SMARTS) is 1. The van der Waals surface area contributed by atoms with Gasteiger partial charge in [0.15, 0.2) is 0 Å². The molecule has 3 rings (SSSR count). The number of sulfone groups is 1. The fourth-order valence-electron chi connectivity index (χ4n) is 3.85. The molecule has 0 radical (unpaired) electrons. The summed E-state index contributed by atoms with van der Waals surface area (Å²) in [6.45, 7) is 3.69. The third kappa shape index (κ3) is 7.41. The summed E-state index contributed by atoms with van der Waals surface area (Å²) in [5.41, 5.74) is 1.05. The largest absolute Gasteiger partial charge is 0.483 e. The highest BCUT2D eigenvalue weighted by atomic mass is 32.2. The summed E-state index contributed by atoms with van der Waals surface area (Å²) < 4.78 is 29.0. The summed E-state index contributed by atoms with van der Waals surface area (Å²) >= 11 is 0. The maximum absolute atomic E-state index is 12.8. The number of rotatable bonds is 6. The quantitative estimate of drug-likeness (QED) is 0.681. The van der Waals surface area contributed by atoms with Gasteiger partial charge in [0.2, 0.25) is 5.91 Å². The van der Waals surface area contributed by atoms with Crippen molar-refractivity contribution in [3.8, 4) is 0 Å². The first-order valence-electron chi connectivity index (χ1n) is 9.79. The average Bonchev–Trinajstić information content (AvgIpc) is 3.20. The molecule has 162 valence electrons. The lowest BCUT2D eigenvalue weighted by molar-refractivity contribution is -0.147. The van der Waals surface area contributed by atoms with E-state index in [9.17, 15) is 13.2 Å². The number of ether oxygens (including phenoxy) is 1. The van der Waals surface area contributed by atoms with Gasteiger partial charge in [-0.3, -0.25) is 9.59 Å². The van der Waals surface area contributed by atoms with E-state index < -0.39 is 9.84 Å². The molecule has 0 aliphatic carbocycles. The molecule has 2 fully saturated rings. The van der Waals surface area contributed by atoms with E-state index in [4.69, 9.17) is 14.6 Å². The van der Waals surface area contributed by atoms with Crippen molar-refractivity contribution in [1.29, 1.82) is 0 Å². The molecule has 1 amide bonds. The molecular formula is C20H30N2O6S. The van der Waals surface area contributed by atoms with Gasteiger partial charge in [0.25, 0.3) is 6.47 Å². The number of carbonyl (C=O) groups is 2. The van der Waals surface area contributed by atoms with Gasteiger partial charge in [-0.1, -0.05) is 30.3 Å². The van der Waals surface area contributed by atoms with E-state index >= 15 is 0 Å². The zero-order chi connectivity index (χ0) is 21.3. The van der Waals surface area contributed by atoms with Crippen molar-refractivity contribution in [1.82, 2.24) is 9.80 Å². The summed E-state index contributed by atoms with van der Waals surface area (Å²) in [5.74, 6) is -0.222. The Morgan fingerprint density at radius 1 is 1.21 bits per heavy atom. The van der Waals surface area contributed by atoms with E-state index in [0.717, 1.165) is 25.2 Å². The number of hydrogen-bond donors (Lipinski definition) is 1. The maximum Gasteiger partial charge on any atom is 0.290 e. The third-order valence-electron chi connectivity index (χ3n) is 5.14. The van der Waals surface area contributed by atoms with Crippen LogP contribution < -0.4 is 0 Å². The Kier molecular flexibility index (Phi) is 9.06. The van der Waals surface area contributed by atoms with Crippen molar-refractivity contribution < 1.29 is 27.9 Å². The van der Waals surface area contributed by atoms with Crippen LogP contribution >= 0.6 is 0 Å². The summed E-state index contributed by atoms with van der Waals surface area (Å²) in [5, 5.41) is 6.89. The van der Waals surface area contributed by atoms with Gasteiger partial charge in [-0.25, -0.2) is 8.42 Å². The summed E-state index contributed by atoms with van der Waals surface area (Å²) in [6.07, 6.45) is 3.52. The second kappa shape index (κ2) is 11.3. The summed E-state index contributed by atoms with van der Waals surface area (Å²) in [7, 11) is -3.16. The van der Waals surface area contributed by atoms with Crippen LogP contribution in [0.15, 0.2) is 30.3 Å². The number of morpholine rings is 1. The standard InChI is InChI=1S/C19H28N2O4S.CH2O2/c1-26(23,24)14-9-18(22)21-12-13-25-17(15-20-10-5-6-11-20)19(21)16-7-3-2-4-8-16;2-1-3/h2-4,7-8,17,19H,5-6,9-15H2,1H3;1H,(H,2,3)/t17-,19-;/m0./s1. The smallest absolute Gasteiger partial charge is 0.290 e. The zero-order valence-electron chi connectivity index (χ0n) is 16.8. The molecule has 0 aromatic heterocycles. The lowest BCUT2D eigenvalue weighted by atomic mass is 9.97. The van der Waals surface area contributed by atoms with Gasteiger partial charge in [-0.15, -0.1) is 0 Å². The van der Waals surface area contributed by atoms with Crippen LogP contribution in [0.25, 0.3) is 0 Å². The Bertz CT molecular complexity index is 749. The van der Waals surface area contributed by atoms with Crippen LogP contribution in [0.1, 0.15) is 30.9 Å². The van der Waals surface area contributed by atoms with Gasteiger partial charge in [0, 0.05) is 25.8 Å². The van der Waals surface area contributed by atoms with Crippen LogP contribution in [0.2, 0.25) is 0 Å². The minimum absolute atomic E-state index is 0.0264. The Morgan fingerprint density at radius 3 is 2.41 bits per heavy atom. The van der Waals surface area contributed by atoms with E-state index in [1.54, 1.807) is 0 Å². The van der Waals surface area contributed by atoms with Gasteiger partial charge in [0.05, 0.1) is 24.5 Å². The molecule has 29 heavy (non-hydrogen) atoms. The van der Waals surface area contributed by atoms with Gasteiger partial charge in [-0.2, -0.15) is 0 Å². The Hall–Kier alpha value is -1.97. The summed E-state index contributed by atoms with van der Waals surface area (Å²) in [4.78, 5) is 25.4. The van der Waals surface area contributed by atoms with E-state index in [1.165, 1.54) is 19.1 Å². The van der Waals surface area contributed by atoms with Crippen molar-refractivity contribution >= 4 is 22.2 Å². The number of nitrogens with zero attached hydrogens (tertiary/aromatic N) is 2. The molecule has 0 saturated carbocycles. The Morgan fingerprint density at radius 2 is 1.83 bits per heavy atom. The topological polar surface area (TPSA) is 104 Å². The van der Waals surface area contributed by atoms with E-state index in [2.05, 4.69) is 4.90 Å². The van der Waals surface area contributed by atoms with Gasteiger partial charge < -0.3 is 19.6 Å². The highest BCUT2D eigenvalue weighted by Crippen LogP contribution is 2.31. The molecular weight excluding hydrogens is 396 g/mol. The number of hydrogen-bond acceptors (Lipinski definition) is 6. The maximum atomic E-state index is 12.8. The lowest BCUT2D eigenvalue weighted by Crippen LogP contribution is -2.51. The van der Waals surface area contributed by atoms with E-state index in [-0.39, 0.29) is 36.7 Å². The van der Waals surface area contributed by atoms with Crippen molar-refractivity contribution in [2.75, 3.05) is 44.8 Å². The van der Waals surface area contributed by atoms with Gasteiger partial charge >= 0.3 is 0 Å². The molecule has 2 heterocycles. The monoisotopic (exact) mass is 426 g/mol. The van der Waals surface area contributed by atoms with Crippen molar-refractivity contribution in [3.63, 3.8) is 0 Å². The molecule has 2 aliphatic rings. The molecule has 1 aromatic rings. The van der Waals surface area contributed by atoms with Crippen molar-refractivity contribution in [2.45, 2.75) is 31.4 Å². The molecule has 0 spiro atoms. The molecule has 1 N–H and O–H groups in total. The molecule has 0 unspecified atom stereocenters. The predicted molar refractivity (Wildman–Crippen MR) is 109 cm³/mol. The first kappa shape index (κ1) is 23.3. The number of amides is 1. The Labute approximate surface area is 172 Å². The van der Waals surface area contributed by atoms with Crippen LogP contribution in [0.5, 0.6) is 0 Å².